The average Bonchev–Trinajstić information content (AvgIpc) is 3.06. The maximum absolute atomic E-state index is 11.8. The zero-order chi connectivity index (χ0) is 17.4. The summed E-state index contributed by atoms with van der Waals surface area (Å²) < 4.78 is 4.77. The number of rotatable bonds is 5. The summed E-state index contributed by atoms with van der Waals surface area (Å²) >= 11 is 0.567. The lowest BCUT2D eigenvalue weighted by molar-refractivity contribution is -0.402. The Bertz CT molecular complexity index is 812. The van der Waals surface area contributed by atoms with E-state index in [-0.39, 0.29) is 10.9 Å². The van der Waals surface area contributed by atoms with E-state index in [1.807, 2.05) is 36.4 Å². The maximum atomic E-state index is 11.8. The number of nitrogens with zero attached hydrogens (tertiary/aromatic N) is 3. The quantitative estimate of drug-likeness (QED) is 0.385. The van der Waals surface area contributed by atoms with E-state index >= 15 is 0 Å². The Balaban J connectivity index is 1.88. The van der Waals surface area contributed by atoms with E-state index in [0.717, 1.165) is 11.6 Å². The highest BCUT2D eigenvalue weighted by molar-refractivity contribution is 8.26. The van der Waals surface area contributed by atoms with Crippen molar-refractivity contribution in [1.82, 2.24) is 0 Å². The van der Waals surface area contributed by atoms with Crippen LogP contribution in [-0.4, -0.2) is 21.4 Å². The van der Waals surface area contributed by atoms with Crippen LogP contribution in [0.5, 0.6) is 0 Å². The SMILES string of the molecule is NC(=NN=CC=Cc1ccccc1)SC(=O)c1ccc([N+](=O)[O-])o1. The molecule has 9 heteroatoms. The average molecular weight is 344 g/mol. The topological polar surface area (TPSA) is 124 Å². The van der Waals surface area contributed by atoms with Gasteiger partial charge in [0.05, 0.1) is 6.07 Å². The lowest BCUT2D eigenvalue weighted by Gasteiger charge is -1.94. The van der Waals surface area contributed by atoms with Crippen molar-refractivity contribution in [2.75, 3.05) is 0 Å². The first-order valence-electron chi connectivity index (χ1n) is 6.61. The van der Waals surface area contributed by atoms with Gasteiger partial charge in [0, 0.05) is 6.21 Å². The molecule has 0 bridgehead atoms. The van der Waals surface area contributed by atoms with Crippen LogP contribution in [0.25, 0.3) is 6.08 Å². The summed E-state index contributed by atoms with van der Waals surface area (Å²) in [4.78, 5) is 21.5. The van der Waals surface area contributed by atoms with Crippen molar-refractivity contribution >= 4 is 40.2 Å². The molecule has 0 fully saturated rings. The zero-order valence-electron chi connectivity index (χ0n) is 12.2. The van der Waals surface area contributed by atoms with Gasteiger partial charge < -0.3 is 10.2 Å². The highest BCUT2D eigenvalue weighted by Crippen LogP contribution is 2.20. The lowest BCUT2D eigenvalue weighted by atomic mass is 10.2. The number of benzene rings is 1. The predicted octanol–water partition coefficient (Wildman–Crippen LogP) is 3.08. The van der Waals surface area contributed by atoms with Gasteiger partial charge in [0.1, 0.15) is 4.92 Å². The van der Waals surface area contributed by atoms with Gasteiger partial charge in [-0.25, -0.2) is 0 Å². The smallest absolute Gasteiger partial charge is 0.396 e. The second kappa shape index (κ2) is 8.44. The molecule has 0 amide bonds. The summed E-state index contributed by atoms with van der Waals surface area (Å²) in [7, 11) is 0. The number of allylic oxidation sites excluding steroid dienone is 1. The van der Waals surface area contributed by atoms with Gasteiger partial charge in [-0.3, -0.25) is 14.9 Å². The van der Waals surface area contributed by atoms with Crippen LogP contribution in [-0.2, 0) is 0 Å². The molecule has 122 valence electrons. The van der Waals surface area contributed by atoms with Crippen LogP contribution in [0, 0.1) is 10.1 Å². The van der Waals surface area contributed by atoms with Gasteiger partial charge in [-0.1, -0.05) is 36.4 Å². The van der Waals surface area contributed by atoms with Crippen molar-refractivity contribution < 1.29 is 14.1 Å². The number of furan rings is 1. The van der Waals surface area contributed by atoms with Gasteiger partial charge in [0.25, 0.3) is 5.12 Å². The van der Waals surface area contributed by atoms with Crippen molar-refractivity contribution in [1.29, 1.82) is 0 Å². The number of nitrogens with two attached hydrogens (primary N) is 1. The molecule has 8 nitrogen and oxygen atoms in total. The number of nitro groups is 1. The van der Waals surface area contributed by atoms with E-state index in [1.54, 1.807) is 6.08 Å². The minimum Gasteiger partial charge on any atom is -0.396 e. The minimum atomic E-state index is -0.734. The van der Waals surface area contributed by atoms with Gasteiger partial charge in [0.15, 0.2) is 10.9 Å². The number of hydrogen-bond acceptors (Lipinski definition) is 7. The van der Waals surface area contributed by atoms with E-state index in [9.17, 15) is 14.9 Å². The van der Waals surface area contributed by atoms with Crippen molar-refractivity contribution in [3.63, 3.8) is 0 Å². The molecule has 2 N–H and O–H groups in total. The van der Waals surface area contributed by atoms with Crippen LogP contribution in [0.4, 0.5) is 5.88 Å². The van der Waals surface area contributed by atoms with E-state index < -0.39 is 15.9 Å². The van der Waals surface area contributed by atoms with E-state index in [4.69, 9.17) is 10.2 Å². The molecule has 0 unspecified atom stereocenters. The Kier molecular flexibility index (Phi) is 6.03. The molecule has 0 saturated carbocycles. The molecule has 0 atom stereocenters. The number of carbonyl (C=O) groups is 1. The molecular weight excluding hydrogens is 332 g/mol. The number of amidine groups is 1. The molecule has 2 aromatic rings. The maximum Gasteiger partial charge on any atom is 0.433 e. The molecule has 0 radical (unpaired) electrons. The molecule has 1 aromatic carbocycles. The number of hydrogen-bond donors (Lipinski definition) is 1. The van der Waals surface area contributed by atoms with Crippen molar-refractivity contribution in [3.05, 3.63) is 70.0 Å². The summed E-state index contributed by atoms with van der Waals surface area (Å²) in [5.74, 6) is -0.698. The summed E-state index contributed by atoms with van der Waals surface area (Å²) in [6.07, 6.45) is 4.92. The summed E-state index contributed by atoms with van der Waals surface area (Å²) in [6.45, 7) is 0. The number of carbonyl (C=O) groups excluding carboxylic acids is 1. The molecule has 0 spiro atoms. The van der Waals surface area contributed by atoms with Gasteiger partial charge in [-0.15, -0.1) is 5.10 Å². The molecule has 2 rings (SSSR count). The lowest BCUT2D eigenvalue weighted by Crippen LogP contribution is -2.09. The summed E-state index contributed by atoms with van der Waals surface area (Å²) in [5.41, 5.74) is 6.56. The Morgan fingerprint density at radius 2 is 2.00 bits per heavy atom. The van der Waals surface area contributed by atoms with Crippen LogP contribution in [0.1, 0.15) is 16.1 Å². The first-order chi connectivity index (χ1) is 11.6. The minimum absolute atomic E-state index is 0.108. The first kappa shape index (κ1) is 17.2. The fraction of sp³-hybridized carbons (Fsp3) is 0. The van der Waals surface area contributed by atoms with E-state index in [0.29, 0.717) is 11.8 Å². The molecule has 0 aliphatic carbocycles. The molecule has 0 aliphatic rings. The van der Waals surface area contributed by atoms with Crippen LogP contribution in [0.15, 0.2) is 63.2 Å². The monoisotopic (exact) mass is 344 g/mol. The fourth-order valence-corrected chi connectivity index (χ4v) is 2.04. The normalized spacial score (nSPS) is 12.1. The van der Waals surface area contributed by atoms with Crippen LogP contribution < -0.4 is 5.73 Å². The molecule has 24 heavy (non-hydrogen) atoms. The Morgan fingerprint density at radius 1 is 1.25 bits per heavy atom. The molecule has 0 aliphatic heterocycles. The molecular formula is C15H12N4O4S. The second-order valence-corrected chi connectivity index (χ2v) is 5.25. The van der Waals surface area contributed by atoms with Gasteiger partial charge in [-0.05, 0) is 29.5 Å². The van der Waals surface area contributed by atoms with Crippen molar-refractivity contribution in [2.24, 2.45) is 15.9 Å². The summed E-state index contributed by atoms with van der Waals surface area (Å²) in [5, 5.41) is 17.1. The Hall–Kier alpha value is -3.20. The summed E-state index contributed by atoms with van der Waals surface area (Å²) in [6, 6.07) is 11.9. The highest BCUT2D eigenvalue weighted by Gasteiger charge is 2.18. The highest BCUT2D eigenvalue weighted by atomic mass is 32.2. The first-order valence-corrected chi connectivity index (χ1v) is 7.42. The van der Waals surface area contributed by atoms with Crippen molar-refractivity contribution in [3.8, 4) is 0 Å². The third-order valence-electron chi connectivity index (χ3n) is 2.57. The molecule has 0 saturated heterocycles. The molecule has 1 heterocycles. The second-order valence-electron chi connectivity index (χ2n) is 4.26. The predicted molar refractivity (Wildman–Crippen MR) is 92.9 cm³/mol. The largest absolute Gasteiger partial charge is 0.433 e. The van der Waals surface area contributed by atoms with E-state index in [2.05, 4.69) is 10.2 Å². The van der Waals surface area contributed by atoms with Crippen LogP contribution in [0.2, 0.25) is 0 Å². The van der Waals surface area contributed by atoms with E-state index in [1.165, 1.54) is 12.3 Å². The van der Waals surface area contributed by atoms with Crippen molar-refractivity contribution in [2.45, 2.75) is 0 Å². The van der Waals surface area contributed by atoms with Gasteiger partial charge in [-0.2, -0.15) is 5.10 Å². The standard InChI is InChI=1S/C15H12N4O4S/c16-15(18-17-10-4-7-11-5-2-1-3-6-11)24-14(20)12-8-9-13(23-12)19(21)22/h1-10H,(H2,16,18). The fourth-order valence-electron chi connectivity index (χ4n) is 1.55. The van der Waals surface area contributed by atoms with Gasteiger partial charge in [0.2, 0.25) is 0 Å². The zero-order valence-corrected chi connectivity index (χ0v) is 13.1. The molecule has 1 aromatic heterocycles. The number of thioether (sulfide) groups is 1. The van der Waals surface area contributed by atoms with Crippen LogP contribution >= 0.6 is 11.8 Å². The Labute approximate surface area is 140 Å². The van der Waals surface area contributed by atoms with Gasteiger partial charge >= 0.3 is 5.88 Å². The third-order valence-corrected chi connectivity index (χ3v) is 3.24. The third kappa shape index (κ3) is 5.21. The van der Waals surface area contributed by atoms with Crippen LogP contribution in [0.3, 0.4) is 0 Å². The Morgan fingerprint density at radius 3 is 2.67 bits per heavy atom.